The molecular formula is C15H18FN3O2S. The van der Waals surface area contributed by atoms with Crippen LogP contribution in [0.25, 0.3) is 0 Å². The Hall–Kier alpha value is -1.86. The molecule has 0 aliphatic carbocycles. The molecule has 1 aromatic carbocycles. The van der Waals surface area contributed by atoms with Crippen molar-refractivity contribution in [2.45, 2.75) is 20.0 Å². The van der Waals surface area contributed by atoms with Crippen LogP contribution in [0.1, 0.15) is 36.0 Å². The third-order valence-electron chi connectivity index (χ3n) is 3.10. The second-order valence-electron chi connectivity index (χ2n) is 5.46. The molecule has 1 heterocycles. The molecule has 2 aromatic rings. The average Bonchev–Trinajstić information content (AvgIpc) is 3.00. The minimum atomic E-state index is -0.880. The lowest BCUT2D eigenvalue weighted by Crippen LogP contribution is -2.37. The van der Waals surface area contributed by atoms with Gasteiger partial charge in [0.1, 0.15) is 5.82 Å². The van der Waals surface area contributed by atoms with E-state index in [-0.39, 0.29) is 29.9 Å². The van der Waals surface area contributed by atoms with Crippen LogP contribution in [0.5, 0.6) is 0 Å². The zero-order valence-electron chi connectivity index (χ0n) is 12.4. The molecule has 0 spiro atoms. The van der Waals surface area contributed by atoms with Crippen LogP contribution in [0, 0.1) is 11.7 Å². The number of aliphatic hydroxyl groups excluding tert-OH is 1. The molecule has 118 valence electrons. The molecule has 0 saturated carbocycles. The maximum Gasteiger partial charge on any atom is 0.275 e. The van der Waals surface area contributed by atoms with Crippen molar-refractivity contribution >= 4 is 17.4 Å². The van der Waals surface area contributed by atoms with Gasteiger partial charge in [-0.3, -0.25) is 4.79 Å². The SMILES string of the molecule is CC(C)CN(C[C@H](O)c1ccc(F)cc1)C(=O)c1csnn1. The predicted octanol–water partition coefficient (Wildman–Crippen LogP) is 2.51. The zero-order chi connectivity index (χ0) is 16.1. The van der Waals surface area contributed by atoms with Crippen molar-refractivity contribution in [2.24, 2.45) is 5.92 Å². The monoisotopic (exact) mass is 323 g/mol. The molecule has 1 atom stereocenters. The summed E-state index contributed by atoms with van der Waals surface area (Å²) < 4.78 is 16.6. The third-order valence-corrected chi connectivity index (χ3v) is 3.60. The predicted molar refractivity (Wildman–Crippen MR) is 82.0 cm³/mol. The lowest BCUT2D eigenvalue weighted by molar-refractivity contribution is 0.0589. The molecule has 0 bridgehead atoms. The normalized spacial score (nSPS) is 12.4. The summed E-state index contributed by atoms with van der Waals surface area (Å²) in [6.45, 7) is 4.60. The number of benzene rings is 1. The molecule has 0 unspecified atom stereocenters. The minimum absolute atomic E-state index is 0.125. The van der Waals surface area contributed by atoms with Gasteiger partial charge in [-0.1, -0.05) is 30.5 Å². The highest BCUT2D eigenvalue weighted by molar-refractivity contribution is 7.03. The van der Waals surface area contributed by atoms with Gasteiger partial charge < -0.3 is 10.0 Å². The van der Waals surface area contributed by atoms with Gasteiger partial charge in [-0.05, 0) is 35.1 Å². The van der Waals surface area contributed by atoms with Gasteiger partial charge in [-0.2, -0.15) is 0 Å². The van der Waals surface area contributed by atoms with E-state index in [9.17, 15) is 14.3 Å². The van der Waals surface area contributed by atoms with Crippen molar-refractivity contribution in [3.05, 3.63) is 46.7 Å². The number of nitrogens with zero attached hydrogens (tertiary/aromatic N) is 3. The van der Waals surface area contributed by atoms with Crippen molar-refractivity contribution in [1.82, 2.24) is 14.5 Å². The molecule has 5 nitrogen and oxygen atoms in total. The van der Waals surface area contributed by atoms with E-state index in [1.807, 2.05) is 13.8 Å². The zero-order valence-corrected chi connectivity index (χ0v) is 13.3. The topological polar surface area (TPSA) is 66.3 Å². The van der Waals surface area contributed by atoms with E-state index in [2.05, 4.69) is 9.59 Å². The number of halogens is 1. The van der Waals surface area contributed by atoms with Gasteiger partial charge in [0, 0.05) is 11.9 Å². The van der Waals surface area contributed by atoms with Crippen LogP contribution in [-0.4, -0.2) is 38.6 Å². The molecule has 0 saturated heterocycles. The number of carbonyl (C=O) groups is 1. The summed E-state index contributed by atoms with van der Waals surface area (Å²) in [7, 11) is 0. The number of amides is 1. The van der Waals surface area contributed by atoms with E-state index in [4.69, 9.17) is 0 Å². The van der Waals surface area contributed by atoms with Crippen molar-refractivity contribution < 1.29 is 14.3 Å². The van der Waals surface area contributed by atoms with Crippen LogP contribution in [-0.2, 0) is 0 Å². The fraction of sp³-hybridized carbons (Fsp3) is 0.400. The number of carbonyl (C=O) groups excluding carboxylic acids is 1. The first kappa shape index (κ1) is 16.5. The quantitative estimate of drug-likeness (QED) is 0.887. The van der Waals surface area contributed by atoms with E-state index < -0.39 is 6.10 Å². The lowest BCUT2D eigenvalue weighted by Gasteiger charge is -2.26. The van der Waals surface area contributed by atoms with Crippen LogP contribution >= 0.6 is 11.5 Å². The van der Waals surface area contributed by atoms with Crippen molar-refractivity contribution in [2.75, 3.05) is 13.1 Å². The van der Waals surface area contributed by atoms with Crippen LogP contribution in [0.3, 0.4) is 0 Å². The Morgan fingerprint density at radius 2 is 2.00 bits per heavy atom. The van der Waals surface area contributed by atoms with Crippen LogP contribution in [0.2, 0.25) is 0 Å². The fourth-order valence-corrected chi connectivity index (χ4v) is 2.53. The Labute approximate surface area is 132 Å². The number of rotatable bonds is 6. The highest BCUT2D eigenvalue weighted by Crippen LogP contribution is 2.17. The molecule has 7 heteroatoms. The summed E-state index contributed by atoms with van der Waals surface area (Å²) in [5, 5.41) is 15.7. The molecule has 0 radical (unpaired) electrons. The van der Waals surface area contributed by atoms with Gasteiger partial charge in [0.15, 0.2) is 5.69 Å². The minimum Gasteiger partial charge on any atom is -0.387 e. The van der Waals surface area contributed by atoms with Crippen molar-refractivity contribution in [3.8, 4) is 0 Å². The van der Waals surface area contributed by atoms with Crippen LogP contribution in [0.15, 0.2) is 29.6 Å². The molecule has 1 N–H and O–H groups in total. The average molecular weight is 323 g/mol. The first-order valence-corrected chi connectivity index (χ1v) is 7.81. The molecule has 1 aromatic heterocycles. The van der Waals surface area contributed by atoms with Gasteiger partial charge >= 0.3 is 0 Å². The highest BCUT2D eigenvalue weighted by Gasteiger charge is 2.22. The van der Waals surface area contributed by atoms with Crippen LogP contribution < -0.4 is 0 Å². The molecule has 2 rings (SSSR count). The Morgan fingerprint density at radius 1 is 1.32 bits per heavy atom. The van der Waals surface area contributed by atoms with E-state index in [0.29, 0.717) is 12.1 Å². The first-order valence-electron chi connectivity index (χ1n) is 6.97. The van der Waals surface area contributed by atoms with E-state index in [1.54, 1.807) is 10.3 Å². The van der Waals surface area contributed by atoms with Gasteiger partial charge in [0.2, 0.25) is 0 Å². The summed E-state index contributed by atoms with van der Waals surface area (Å²) >= 11 is 1.11. The highest BCUT2D eigenvalue weighted by atomic mass is 32.1. The molecular weight excluding hydrogens is 305 g/mol. The fourth-order valence-electron chi connectivity index (χ4n) is 2.10. The van der Waals surface area contributed by atoms with Gasteiger partial charge in [-0.25, -0.2) is 4.39 Å². The molecule has 1 amide bonds. The Morgan fingerprint density at radius 3 is 2.55 bits per heavy atom. The standard InChI is InChI=1S/C15H18FN3O2S/c1-10(2)7-19(15(21)13-9-22-18-17-13)8-14(20)11-3-5-12(16)6-4-11/h3-6,9-10,14,20H,7-8H2,1-2H3/t14-/m0/s1. The Balaban J connectivity index is 2.12. The summed E-state index contributed by atoms with van der Waals surface area (Å²) in [4.78, 5) is 14.0. The number of aromatic nitrogens is 2. The van der Waals surface area contributed by atoms with Gasteiger partial charge in [0.25, 0.3) is 5.91 Å². The van der Waals surface area contributed by atoms with Crippen LogP contribution in [0.4, 0.5) is 4.39 Å². The van der Waals surface area contributed by atoms with Crippen molar-refractivity contribution in [3.63, 3.8) is 0 Å². The maximum atomic E-state index is 12.9. The third kappa shape index (κ3) is 4.32. The molecule has 22 heavy (non-hydrogen) atoms. The summed E-state index contributed by atoms with van der Waals surface area (Å²) in [5.41, 5.74) is 0.844. The van der Waals surface area contributed by atoms with E-state index in [1.165, 1.54) is 24.3 Å². The molecule has 0 aliphatic rings. The largest absolute Gasteiger partial charge is 0.387 e. The second-order valence-corrected chi connectivity index (χ2v) is 6.07. The van der Waals surface area contributed by atoms with Crippen molar-refractivity contribution in [1.29, 1.82) is 0 Å². The number of hydrogen-bond acceptors (Lipinski definition) is 5. The Kier molecular flexibility index (Phi) is 5.57. The van der Waals surface area contributed by atoms with E-state index >= 15 is 0 Å². The first-order chi connectivity index (χ1) is 10.5. The molecule has 0 fully saturated rings. The number of hydrogen-bond donors (Lipinski definition) is 1. The smallest absolute Gasteiger partial charge is 0.275 e. The summed E-state index contributed by atoms with van der Waals surface area (Å²) in [6.07, 6.45) is -0.880. The number of aliphatic hydroxyl groups is 1. The summed E-state index contributed by atoms with van der Waals surface area (Å²) in [6, 6.07) is 5.61. The summed E-state index contributed by atoms with van der Waals surface area (Å²) in [5.74, 6) is -0.376. The van der Waals surface area contributed by atoms with Gasteiger partial charge in [-0.15, -0.1) is 5.10 Å². The van der Waals surface area contributed by atoms with E-state index in [0.717, 1.165) is 11.5 Å². The maximum absolute atomic E-state index is 12.9. The second kappa shape index (κ2) is 7.42. The Bertz CT molecular complexity index is 602. The van der Waals surface area contributed by atoms with Gasteiger partial charge in [0.05, 0.1) is 12.6 Å². The lowest BCUT2D eigenvalue weighted by atomic mass is 10.1. The molecule has 0 aliphatic heterocycles.